The Morgan fingerprint density at radius 1 is 0.537 bits per heavy atom. The van der Waals surface area contributed by atoms with Crippen LogP contribution in [0.1, 0.15) is 51.4 Å². The van der Waals surface area contributed by atoms with Crippen molar-refractivity contribution in [3.05, 3.63) is 68.8 Å². The highest BCUT2D eigenvalue weighted by Gasteiger charge is 2.39. The fourth-order valence-electron chi connectivity index (χ4n) is 4.84. The van der Waals surface area contributed by atoms with E-state index >= 15 is 0 Å². The van der Waals surface area contributed by atoms with Crippen LogP contribution in [0.3, 0.4) is 0 Å². The molecule has 0 radical (unpaired) electrons. The summed E-state index contributed by atoms with van der Waals surface area (Å²) in [5, 5.41) is 25.7. The van der Waals surface area contributed by atoms with Gasteiger partial charge in [0.05, 0.1) is 19.6 Å². The molecule has 0 saturated heterocycles. The van der Waals surface area contributed by atoms with Crippen molar-refractivity contribution in [2.24, 2.45) is 0 Å². The fraction of sp³-hybridized carbons (Fsp3) is 0.533. The largest absolute Gasteiger partial charge is 0.471 e. The van der Waals surface area contributed by atoms with E-state index < -0.39 is 78.5 Å². The molecule has 0 fully saturated rings. The number of carbonyl (C=O) groups is 2. The molecule has 0 heterocycles. The topological polar surface area (TPSA) is 219 Å². The van der Waals surface area contributed by atoms with Gasteiger partial charge >= 0.3 is 24.2 Å². The van der Waals surface area contributed by atoms with Gasteiger partial charge in [0, 0.05) is 63.5 Å². The Balaban J connectivity index is 2.24. The van der Waals surface area contributed by atoms with Crippen LogP contribution in [0.5, 0.6) is 0 Å². The van der Waals surface area contributed by atoms with E-state index in [2.05, 4.69) is 0 Å². The molecule has 54 heavy (non-hydrogen) atoms. The van der Waals surface area contributed by atoms with Crippen molar-refractivity contribution in [2.45, 2.75) is 73.5 Å². The number of nitrogens with one attached hydrogen (secondary N) is 2. The summed E-state index contributed by atoms with van der Waals surface area (Å²) in [6, 6.07) is 7.80. The zero-order valence-electron chi connectivity index (χ0n) is 28.5. The first kappa shape index (κ1) is 45.7. The standard InChI is InChI=1S/C30H38F6N6O10S2/c31-29(32,33)27(43)37-17-5-1-3-7-19-39(53(49,50)25-13-9-23(10-14-25)41(45)46)21-22-40(20-8-4-2-6-18-38-28(44)30(34,35)36)54(51,52)26-15-11-24(12-16-26)42(47)48/h9-16H,1-8,17-22H2,(H,37,43)(H,38,44). The van der Waals surface area contributed by atoms with Crippen molar-refractivity contribution in [1.29, 1.82) is 0 Å². The molecule has 2 aromatic rings. The number of nitro groups is 2. The number of alkyl halides is 6. The van der Waals surface area contributed by atoms with Crippen LogP contribution in [0, 0.1) is 20.2 Å². The fourth-order valence-corrected chi connectivity index (χ4v) is 7.78. The zero-order chi connectivity index (χ0) is 40.7. The molecule has 0 saturated carbocycles. The van der Waals surface area contributed by atoms with Crippen LogP contribution >= 0.6 is 0 Å². The van der Waals surface area contributed by atoms with Crippen LogP contribution in [0.4, 0.5) is 37.7 Å². The molecule has 0 atom stereocenters. The summed E-state index contributed by atoms with van der Waals surface area (Å²) in [7, 11) is -8.85. The highest BCUT2D eigenvalue weighted by Crippen LogP contribution is 2.24. The smallest absolute Gasteiger partial charge is 0.348 e. The van der Waals surface area contributed by atoms with Crippen LogP contribution in [0.25, 0.3) is 0 Å². The lowest BCUT2D eigenvalue weighted by Gasteiger charge is -2.27. The molecule has 2 aromatic carbocycles. The Bertz CT molecular complexity index is 1660. The van der Waals surface area contributed by atoms with E-state index in [0.29, 0.717) is 0 Å². The number of non-ortho nitro benzene ring substituents is 2. The van der Waals surface area contributed by atoms with E-state index in [1.54, 1.807) is 10.6 Å². The van der Waals surface area contributed by atoms with Gasteiger partial charge in [-0.15, -0.1) is 0 Å². The van der Waals surface area contributed by atoms with Gasteiger partial charge in [0.15, 0.2) is 0 Å². The predicted molar refractivity (Wildman–Crippen MR) is 179 cm³/mol. The minimum Gasteiger partial charge on any atom is -0.348 e. The van der Waals surface area contributed by atoms with Gasteiger partial charge in [-0.2, -0.15) is 35.0 Å². The number of hydrogen-bond donors (Lipinski definition) is 2. The molecule has 0 aliphatic heterocycles. The Morgan fingerprint density at radius 2 is 0.833 bits per heavy atom. The average Bonchev–Trinajstić information content (AvgIpc) is 3.09. The van der Waals surface area contributed by atoms with Crippen molar-refractivity contribution in [3.8, 4) is 0 Å². The number of nitro benzene ring substituents is 2. The summed E-state index contributed by atoms with van der Waals surface area (Å²) < 4.78 is 131. The number of unbranched alkanes of at least 4 members (excludes halogenated alkanes) is 6. The van der Waals surface area contributed by atoms with Gasteiger partial charge in [-0.3, -0.25) is 29.8 Å². The third-order valence-corrected chi connectivity index (χ3v) is 11.5. The molecular formula is C30H38F6N6O10S2. The van der Waals surface area contributed by atoms with E-state index in [4.69, 9.17) is 0 Å². The number of sulfonamides is 2. The molecule has 2 N–H and O–H groups in total. The summed E-state index contributed by atoms with van der Waals surface area (Å²) in [4.78, 5) is 42.0. The Morgan fingerprint density at radius 3 is 1.11 bits per heavy atom. The van der Waals surface area contributed by atoms with Gasteiger partial charge in [-0.1, -0.05) is 25.7 Å². The number of hydrogen-bond acceptors (Lipinski definition) is 10. The van der Waals surface area contributed by atoms with Gasteiger partial charge in [-0.05, 0) is 49.9 Å². The molecule has 16 nitrogen and oxygen atoms in total. The van der Waals surface area contributed by atoms with Gasteiger partial charge in [-0.25, -0.2) is 16.8 Å². The second-order valence-corrected chi connectivity index (χ2v) is 15.5. The number of carbonyl (C=O) groups excluding carboxylic acids is 2. The van der Waals surface area contributed by atoms with E-state index in [-0.39, 0.29) is 87.3 Å². The van der Waals surface area contributed by atoms with Crippen molar-refractivity contribution in [3.63, 3.8) is 0 Å². The maximum absolute atomic E-state index is 13.7. The van der Waals surface area contributed by atoms with Gasteiger partial charge in [0.2, 0.25) is 20.0 Å². The normalized spacial score (nSPS) is 12.5. The van der Waals surface area contributed by atoms with Gasteiger partial charge in [0.25, 0.3) is 11.4 Å². The first-order valence-corrected chi connectivity index (χ1v) is 19.2. The monoisotopic (exact) mass is 820 g/mol. The van der Waals surface area contributed by atoms with Crippen molar-refractivity contribution < 1.29 is 62.6 Å². The summed E-state index contributed by atoms with van der Waals surface area (Å²) in [5.74, 6) is -4.21. The predicted octanol–water partition coefficient (Wildman–Crippen LogP) is 4.66. The highest BCUT2D eigenvalue weighted by molar-refractivity contribution is 7.89. The Kier molecular flexibility index (Phi) is 17.2. The van der Waals surface area contributed by atoms with E-state index in [1.165, 1.54) is 0 Å². The lowest BCUT2D eigenvalue weighted by Crippen LogP contribution is -2.42. The second kappa shape index (κ2) is 20.3. The molecular weight excluding hydrogens is 782 g/mol. The average molecular weight is 821 g/mol. The molecule has 24 heteroatoms. The highest BCUT2D eigenvalue weighted by atomic mass is 32.2. The molecule has 0 aromatic heterocycles. The van der Waals surface area contributed by atoms with Gasteiger partial charge in [0.1, 0.15) is 0 Å². The summed E-state index contributed by atoms with van der Waals surface area (Å²) in [5.41, 5.74) is -0.803. The van der Waals surface area contributed by atoms with Crippen LogP contribution in [-0.2, 0) is 29.6 Å². The van der Waals surface area contributed by atoms with Crippen molar-refractivity contribution in [1.82, 2.24) is 19.2 Å². The zero-order valence-corrected chi connectivity index (χ0v) is 30.1. The van der Waals surface area contributed by atoms with E-state index in [9.17, 15) is 73.0 Å². The lowest BCUT2D eigenvalue weighted by atomic mass is 10.2. The molecule has 0 spiro atoms. The van der Waals surface area contributed by atoms with Crippen LogP contribution in [0.15, 0.2) is 58.3 Å². The first-order chi connectivity index (χ1) is 25.1. The number of rotatable bonds is 23. The molecule has 0 bridgehead atoms. The number of benzene rings is 2. The third-order valence-electron chi connectivity index (χ3n) is 7.72. The van der Waals surface area contributed by atoms with E-state index in [1.807, 2.05) is 0 Å². The maximum Gasteiger partial charge on any atom is 0.471 e. The molecule has 0 unspecified atom stereocenters. The number of amides is 2. The minimum absolute atomic E-state index is 0.132. The van der Waals surface area contributed by atoms with E-state index in [0.717, 1.165) is 57.1 Å². The Labute approximate surface area is 306 Å². The summed E-state index contributed by atoms with van der Waals surface area (Å²) in [6.45, 7) is -1.94. The maximum atomic E-state index is 13.7. The third kappa shape index (κ3) is 14.4. The molecule has 0 aliphatic rings. The van der Waals surface area contributed by atoms with Crippen LogP contribution < -0.4 is 10.6 Å². The van der Waals surface area contributed by atoms with Gasteiger partial charge < -0.3 is 10.6 Å². The summed E-state index contributed by atoms with van der Waals surface area (Å²) >= 11 is 0. The number of nitrogens with zero attached hydrogens (tertiary/aromatic N) is 4. The number of halogens is 6. The van der Waals surface area contributed by atoms with Crippen LogP contribution in [-0.4, -0.2) is 98.7 Å². The quantitative estimate of drug-likeness (QED) is 0.0684. The lowest BCUT2D eigenvalue weighted by molar-refractivity contribution is -0.385. The van der Waals surface area contributed by atoms with Crippen molar-refractivity contribution >= 4 is 43.2 Å². The first-order valence-electron chi connectivity index (χ1n) is 16.3. The molecule has 302 valence electrons. The molecule has 2 amide bonds. The van der Waals surface area contributed by atoms with Crippen LogP contribution in [0.2, 0.25) is 0 Å². The molecule has 0 aliphatic carbocycles. The minimum atomic E-state index is -5.05. The Hall–Kier alpha value is -4.42. The molecule has 2 rings (SSSR count). The second-order valence-electron chi connectivity index (χ2n) is 11.6. The van der Waals surface area contributed by atoms with Crippen molar-refractivity contribution in [2.75, 3.05) is 39.3 Å². The summed E-state index contributed by atoms with van der Waals surface area (Å²) in [6.07, 6.45) is -8.44. The SMILES string of the molecule is O=C(NCCCCCCN(CCN(CCCCCCNC(=O)C(F)(F)F)S(=O)(=O)c1ccc([N+](=O)[O-])cc1)S(=O)(=O)c1ccc([N+](=O)[O-])cc1)C(F)(F)F.